The van der Waals surface area contributed by atoms with Crippen molar-refractivity contribution in [3.05, 3.63) is 368 Å². The van der Waals surface area contributed by atoms with Gasteiger partial charge in [-0.05, 0) is 170 Å². The summed E-state index contributed by atoms with van der Waals surface area (Å²) in [4.78, 5) is 23.5. The summed E-state index contributed by atoms with van der Waals surface area (Å²) in [5, 5.41) is 32.6. The zero-order valence-electron chi connectivity index (χ0n) is 91.3. The van der Waals surface area contributed by atoms with E-state index in [0.29, 0.717) is 0 Å². The number of benzene rings is 17. The van der Waals surface area contributed by atoms with Crippen molar-refractivity contribution in [1.82, 2.24) is 24.9 Å². The van der Waals surface area contributed by atoms with Gasteiger partial charge in [0, 0.05) is 449 Å². The fourth-order valence-corrected chi connectivity index (χ4v) is 15.7. The minimum Gasteiger partial charge on any atom is -0.296 e. The molecule has 0 unspecified atom stereocenters. The van der Waals surface area contributed by atoms with Gasteiger partial charge >= 0.3 is 0 Å². The Hall–Kier alpha value is -1.21. The van der Waals surface area contributed by atoms with Gasteiger partial charge < -0.3 is 0 Å². The second-order valence-corrected chi connectivity index (χ2v) is 27.5. The van der Waals surface area contributed by atoms with Crippen molar-refractivity contribution >= 4 is 173 Å². The van der Waals surface area contributed by atoms with Gasteiger partial charge in [0.05, 0.1) is 27.6 Å². The summed E-state index contributed by atoms with van der Waals surface area (Å²) >= 11 is 0. The van der Waals surface area contributed by atoms with Crippen LogP contribution >= 0.6 is 0 Å². The van der Waals surface area contributed by atoms with Gasteiger partial charge in [0.1, 0.15) is 0 Å². The number of aryl methyl sites for hydroxylation is 5. The van der Waals surface area contributed by atoms with Gasteiger partial charge in [-0.1, -0.05) is 415 Å². The van der Waals surface area contributed by atoms with Crippen molar-refractivity contribution in [2.24, 2.45) is 0 Å². The van der Waals surface area contributed by atoms with Gasteiger partial charge in [0.15, 0.2) is 0 Å². The van der Waals surface area contributed by atoms with Gasteiger partial charge in [0.2, 0.25) is 0 Å². The molecular formula is C126H147N5Y11-2. The van der Waals surface area contributed by atoms with Crippen molar-refractivity contribution in [3.63, 3.8) is 0 Å². The third-order valence-electron chi connectivity index (χ3n) is 20.8. The quantitative estimate of drug-likeness (QED) is 0.0931. The average Bonchev–Trinajstić information content (AvgIpc) is 0.755. The van der Waals surface area contributed by atoms with Crippen LogP contribution in [-0.4, -0.2) is 24.9 Å². The third kappa shape index (κ3) is 39.7. The van der Waals surface area contributed by atoms with E-state index in [-0.39, 0.29) is 360 Å². The number of fused-ring (bicyclic) bond motifs is 25. The third-order valence-corrected chi connectivity index (χ3v) is 20.8. The van der Waals surface area contributed by atoms with Crippen LogP contribution in [0.1, 0.15) is 208 Å². The molecule has 17 aromatic carbocycles. The van der Waals surface area contributed by atoms with E-state index in [1.165, 1.54) is 152 Å². The van der Waals surface area contributed by atoms with Crippen LogP contribution in [0.2, 0.25) is 0 Å². The van der Waals surface area contributed by atoms with E-state index in [2.05, 4.69) is 336 Å². The smallest absolute Gasteiger partial charge is 0.0790 e. The fraction of sp³-hybridized carbons (Fsp3) is 0.246. The van der Waals surface area contributed by atoms with Gasteiger partial charge in [-0.2, -0.15) is 42.0 Å². The van der Waals surface area contributed by atoms with Crippen LogP contribution in [0.15, 0.2) is 328 Å². The number of hydrogen-bond acceptors (Lipinski definition) is 5. The minimum atomic E-state index is 0. The van der Waals surface area contributed by atoms with Gasteiger partial charge in [-0.25, -0.2) is 10.5 Å². The molecule has 0 aliphatic carbocycles. The molecule has 0 atom stereocenters. The SMILES string of the molecule is CC.CC.CC.CC.CC.CC.CC.CC.CC.CC.CC.CC.CC.Cc1cc2cnc3cc4ccccc4cc3c2c2ccccc12.Cc1cc2cnc3ccccc3c2c2ccccc12.Cc1cc2nc3ccccc3cc2c2ccccc12.Cc1ccc2c(cnc3ccc(-c4[c-]cccc4)[c-]c32)c1.Cc1nc2c3ccccc3ccc2c2c1ccc1ccccc12.[Y].[Y].[Y].[Y].[Y].[Y].[Y].[Y].[Y].[Y].[Y]. The molecule has 22 rings (SSSR count). The summed E-state index contributed by atoms with van der Waals surface area (Å²) < 4.78 is 0. The number of para-hydroxylation sites is 2. The first-order valence-corrected chi connectivity index (χ1v) is 48.8. The Bertz CT molecular complexity index is 7270. The van der Waals surface area contributed by atoms with E-state index >= 15 is 0 Å². The molecule has 0 amide bonds. The average molecular weight is 2710 g/mol. The normalized spacial score (nSPS) is 9.04. The predicted octanol–water partition coefficient (Wildman–Crippen LogP) is 40.0. The van der Waals surface area contributed by atoms with Crippen LogP contribution < -0.4 is 0 Å². The molecule has 0 N–H and O–H groups in total. The number of aromatic nitrogens is 5. The van der Waals surface area contributed by atoms with Crippen LogP contribution in [-0.2, 0) is 360 Å². The summed E-state index contributed by atoms with van der Waals surface area (Å²) in [6.07, 6.45) is 5.93. The van der Waals surface area contributed by atoms with E-state index in [9.17, 15) is 0 Å². The van der Waals surface area contributed by atoms with Crippen molar-refractivity contribution in [3.8, 4) is 11.1 Å². The maximum Gasteiger partial charge on any atom is 0.0790 e. The van der Waals surface area contributed by atoms with E-state index < -0.39 is 0 Å². The summed E-state index contributed by atoms with van der Waals surface area (Å²) in [6.45, 7) is 62.7. The molecule has 0 bridgehead atoms. The Balaban J connectivity index is -0.000000298. The summed E-state index contributed by atoms with van der Waals surface area (Å²) in [5.74, 6) is 0. The molecule has 5 aromatic heterocycles. The maximum absolute atomic E-state index is 4.94. The molecule has 5 heterocycles. The van der Waals surface area contributed by atoms with Crippen LogP contribution in [0.3, 0.4) is 0 Å². The first kappa shape index (κ1) is 154. The van der Waals surface area contributed by atoms with Gasteiger partial charge in [0.25, 0.3) is 0 Å². The summed E-state index contributed by atoms with van der Waals surface area (Å²) in [5.41, 5.74) is 14.7. The number of rotatable bonds is 1. The second-order valence-electron chi connectivity index (χ2n) is 27.5. The first-order valence-electron chi connectivity index (χ1n) is 48.8. The van der Waals surface area contributed by atoms with Crippen molar-refractivity contribution < 1.29 is 360 Å². The number of pyridine rings is 5. The molecule has 0 aliphatic rings. The van der Waals surface area contributed by atoms with E-state index in [1.54, 1.807) is 0 Å². The largest absolute Gasteiger partial charge is 0.296 e. The Labute approximate surface area is 1130 Å². The van der Waals surface area contributed by atoms with Crippen LogP contribution in [0.25, 0.3) is 184 Å². The zero-order valence-corrected chi connectivity index (χ0v) is 122. The van der Waals surface area contributed by atoms with Crippen molar-refractivity contribution in [2.45, 2.75) is 215 Å². The van der Waals surface area contributed by atoms with Crippen LogP contribution in [0, 0.1) is 46.8 Å². The Morgan fingerprint density at radius 3 is 1.08 bits per heavy atom. The molecule has 711 valence electrons. The van der Waals surface area contributed by atoms with Crippen molar-refractivity contribution in [2.75, 3.05) is 0 Å². The fourth-order valence-electron chi connectivity index (χ4n) is 15.7. The molecule has 5 nitrogen and oxygen atoms in total. The molecule has 0 spiro atoms. The molecule has 16 heteroatoms. The Kier molecular flexibility index (Phi) is 93.3. The predicted molar refractivity (Wildman–Crippen MR) is 596 cm³/mol. The summed E-state index contributed by atoms with van der Waals surface area (Å²) in [7, 11) is 0. The molecule has 11 radical (unpaired) electrons. The van der Waals surface area contributed by atoms with Gasteiger partial charge in [-0.3, -0.25) is 19.9 Å². The molecular weight excluding hydrogens is 2560 g/mol. The second kappa shape index (κ2) is 86.2. The maximum atomic E-state index is 4.94. The molecule has 0 saturated heterocycles. The van der Waals surface area contributed by atoms with Crippen molar-refractivity contribution in [1.29, 1.82) is 0 Å². The van der Waals surface area contributed by atoms with Crippen LogP contribution in [0.4, 0.5) is 0 Å². The standard InChI is InChI=1S/2C22H15N.C20H13N.2C18H13N.13C2H6.11Y/c1-14-17-12-10-15-6-2-4-8-18(15)21(17)20-13-11-16-7-3-5-9-19(16)22(20)23-14;1-14-10-17-13-23-21-12-16-7-3-2-6-15(16)11-20(21)22(17)19-9-5-4-8-18(14)19;1-14-7-9-18-17(11-14)13-21-20-10-8-16(12-19(18)20)15-5-3-2-4-6-15;1-12-10-18-16(15-8-4-3-7-14(12)15)11-13-6-2-5-9-17(13)19-18;1-12-10-13-11-19-17-9-5-4-8-16(17)18(13)15-7-3-2-6-14(12)15;13*1-2;;;;;;;;;;;/h2*2-13H,1H3;2-5,7-11,13H,1H3;2*2-11H,1H3;13*1-2H3;;;;;;;;;;;/q;;-2;;;;;;;;;;;;;;;;;;;;;;;;;;. The first-order chi connectivity index (χ1) is 64.6. The molecule has 0 fully saturated rings. The van der Waals surface area contributed by atoms with E-state index in [0.717, 1.165) is 60.7 Å². The minimum absolute atomic E-state index is 0. The number of nitrogens with zero attached hydrogens (tertiary/aromatic N) is 5. The Morgan fingerprint density at radius 1 is 0.190 bits per heavy atom. The van der Waals surface area contributed by atoms with Crippen LogP contribution in [0.5, 0.6) is 0 Å². The number of hydrogen-bond donors (Lipinski definition) is 0. The Morgan fingerprint density at radius 2 is 0.563 bits per heavy atom. The monoisotopic (exact) mass is 2710 g/mol. The topological polar surface area (TPSA) is 64.5 Å². The van der Waals surface area contributed by atoms with Gasteiger partial charge in [-0.15, -0.1) is 17.5 Å². The molecule has 22 aromatic rings. The van der Waals surface area contributed by atoms with E-state index in [4.69, 9.17) is 15.0 Å². The molecule has 142 heavy (non-hydrogen) atoms. The molecule has 0 aliphatic heterocycles. The summed E-state index contributed by atoms with van der Waals surface area (Å²) in [6, 6.07) is 116. The van der Waals surface area contributed by atoms with E-state index in [1.807, 2.05) is 229 Å². The zero-order chi connectivity index (χ0) is 96.7. The molecule has 0 saturated carbocycles.